The topological polar surface area (TPSA) is 37.3 Å². The Morgan fingerprint density at radius 1 is 1.13 bits per heavy atom. The van der Waals surface area contributed by atoms with Gasteiger partial charge in [-0.05, 0) is 89.5 Å². The fourth-order valence-electron chi connectivity index (χ4n) is 5.90. The first kappa shape index (κ1) is 26.8. The Labute approximate surface area is 229 Å². The zero-order valence-corrected chi connectivity index (χ0v) is 23.8. The Kier molecular flexibility index (Phi) is 8.73. The van der Waals surface area contributed by atoms with E-state index in [0.29, 0.717) is 0 Å². The maximum atomic E-state index is 6.07. The second-order valence-corrected chi connectivity index (χ2v) is 11.5. The van der Waals surface area contributed by atoms with E-state index in [1.54, 1.807) is 11.1 Å². The molecule has 0 spiro atoms. The largest absolute Gasteiger partial charge is 0.489 e. The molecule has 0 aromatic heterocycles. The van der Waals surface area contributed by atoms with Gasteiger partial charge in [0.25, 0.3) is 0 Å². The molecule has 1 saturated carbocycles. The van der Waals surface area contributed by atoms with Gasteiger partial charge in [-0.1, -0.05) is 46.7 Å². The van der Waals surface area contributed by atoms with Crippen molar-refractivity contribution in [2.45, 2.75) is 84.8 Å². The Morgan fingerprint density at radius 2 is 1.92 bits per heavy atom. The van der Waals surface area contributed by atoms with Crippen molar-refractivity contribution in [2.75, 3.05) is 37.6 Å². The molecule has 1 aromatic carbocycles. The summed E-state index contributed by atoms with van der Waals surface area (Å²) in [4.78, 5) is 11.0. The van der Waals surface area contributed by atoms with Crippen LogP contribution in [0.3, 0.4) is 0 Å². The zero-order valence-electron chi connectivity index (χ0n) is 23.8. The fourth-order valence-corrected chi connectivity index (χ4v) is 5.90. The average Bonchev–Trinajstić information content (AvgIpc) is 3.64. The predicted molar refractivity (Wildman–Crippen MR) is 158 cm³/mol. The molecule has 204 valence electrons. The van der Waals surface area contributed by atoms with E-state index in [1.165, 1.54) is 53.8 Å². The van der Waals surface area contributed by atoms with Crippen LogP contribution in [-0.4, -0.2) is 55.5 Å². The molecule has 5 rings (SSSR count). The van der Waals surface area contributed by atoms with Crippen molar-refractivity contribution in [1.82, 2.24) is 4.90 Å². The number of nitrogens with zero attached hydrogens (tertiary/aromatic N) is 3. The van der Waals surface area contributed by atoms with Crippen molar-refractivity contribution in [2.24, 2.45) is 5.16 Å². The van der Waals surface area contributed by atoms with Gasteiger partial charge in [-0.2, -0.15) is 0 Å². The molecule has 1 saturated heterocycles. The van der Waals surface area contributed by atoms with Gasteiger partial charge >= 0.3 is 0 Å². The van der Waals surface area contributed by atoms with E-state index in [-0.39, 0.29) is 12.2 Å². The van der Waals surface area contributed by atoms with Crippen LogP contribution in [0.25, 0.3) is 0 Å². The highest BCUT2D eigenvalue weighted by Crippen LogP contribution is 2.38. The quantitative estimate of drug-likeness (QED) is 0.330. The number of benzene rings is 1. The number of piperazine rings is 1. The number of para-hydroxylation sites is 2. The summed E-state index contributed by atoms with van der Waals surface area (Å²) in [6.45, 7) is 13.7. The molecule has 2 aliphatic carbocycles. The van der Waals surface area contributed by atoms with Crippen LogP contribution in [-0.2, 0) is 4.84 Å². The van der Waals surface area contributed by atoms with Crippen LogP contribution in [0.5, 0.6) is 5.75 Å². The molecule has 1 atom stereocenters. The normalized spacial score (nSPS) is 22.2. The SMILES string of the molecule is CC1=C(CC/C=C(/C)C(C2=NO[C@@H](CN3CCN(c4ccccc4OC(C)C)CC3)C2)=C2CC2)C=CCC1. The third-order valence-electron chi connectivity index (χ3n) is 8.09. The predicted octanol–water partition coefficient (Wildman–Crippen LogP) is 7.22. The molecule has 2 fully saturated rings. The Hall–Kier alpha value is -2.79. The van der Waals surface area contributed by atoms with E-state index in [9.17, 15) is 0 Å². The summed E-state index contributed by atoms with van der Waals surface area (Å²) in [5.41, 5.74) is 9.80. The Balaban J connectivity index is 1.12. The number of anilines is 1. The summed E-state index contributed by atoms with van der Waals surface area (Å²) in [7, 11) is 0. The molecule has 38 heavy (non-hydrogen) atoms. The van der Waals surface area contributed by atoms with E-state index in [1.807, 2.05) is 0 Å². The maximum Gasteiger partial charge on any atom is 0.145 e. The van der Waals surface area contributed by atoms with Crippen LogP contribution in [0.2, 0.25) is 0 Å². The van der Waals surface area contributed by atoms with Crippen LogP contribution in [0.15, 0.2) is 75.5 Å². The molecule has 0 radical (unpaired) electrons. The second-order valence-electron chi connectivity index (χ2n) is 11.5. The molecule has 0 unspecified atom stereocenters. The highest BCUT2D eigenvalue weighted by molar-refractivity contribution is 6.05. The first-order valence-corrected chi connectivity index (χ1v) is 14.7. The number of ether oxygens (including phenoxy) is 1. The second kappa shape index (κ2) is 12.4. The molecular formula is C33H45N3O2. The van der Waals surface area contributed by atoms with Crippen molar-refractivity contribution >= 4 is 11.4 Å². The zero-order chi connectivity index (χ0) is 26.5. The summed E-state index contributed by atoms with van der Waals surface area (Å²) in [6.07, 6.45) is 15.4. The van der Waals surface area contributed by atoms with Crippen molar-refractivity contribution < 1.29 is 9.57 Å². The third kappa shape index (κ3) is 6.79. The van der Waals surface area contributed by atoms with Gasteiger partial charge in [0.15, 0.2) is 0 Å². The summed E-state index contributed by atoms with van der Waals surface area (Å²) < 4.78 is 6.07. The molecule has 0 N–H and O–H groups in total. The highest BCUT2D eigenvalue weighted by atomic mass is 16.6. The van der Waals surface area contributed by atoms with Gasteiger partial charge in [0.2, 0.25) is 0 Å². The standard InChI is InChI=1S/C33H45N3O2/c1-24(2)37-32-15-8-7-14-31(32)36-20-18-35(19-21-36)23-29-22-30(34-38-29)33(28-16-17-28)26(4)11-9-13-27-12-6-5-10-25(27)3/h6-8,11-12,14-15,24,29H,5,9-10,13,16-23H2,1-4H3/b26-11-/t29-/m1/s1. The number of hydrogen-bond acceptors (Lipinski definition) is 5. The van der Waals surface area contributed by atoms with Gasteiger partial charge in [-0.3, -0.25) is 4.90 Å². The lowest BCUT2D eigenvalue weighted by molar-refractivity contribution is 0.0510. The molecule has 5 heteroatoms. The molecule has 1 aromatic rings. The number of rotatable bonds is 10. The Morgan fingerprint density at radius 3 is 2.66 bits per heavy atom. The Bertz CT molecular complexity index is 1140. The molecule has 2 heterocycles. The van der Waals surface area contributed by atoms with Crippen molar-refractivity contribution in [1.29, 1.82) is 0 Å². The van der Waals surface area contributed by atoms with Gasteiger partial charge < -0.3 is 14.5 Å². The van der Waals surface area contributed by atoms with Gasteiger partial charge in [0.05, 0.1) is 17.5 Å². The van der Waals surface area contributed by atoms with E-state index < -0.39 is 0 Å². The van der Waals surface area contributed by atoms with Crippen LogP contribution in [0.4, 0.5) is 5.69 Å². The first-order valence-electron chi connectivity index (χ1n) is 14.7. The molecule has 4 aliphatic rings. The lowest BCUT2D eigenvalue weighted by Gasteiger charge is -2.37. The van der Waals surface area contributed by atoms with E-state index >= 15 is 0 Å². The maximum absolute atomic E-state index is 6.07. The van der Waals surface area contributed by atoms with Gasteiger partial charge in [0, 0.05) is 44.7 Å². The van der Waals surface area contributed by atoms with Crippen molar-refractivity contribution in [3.8, 4) is 5.75 Å². The lowest BCUT2D eigenvalue weighted by Crippen LogP contribution is -2.48. The van der Waals surface area contributed by atoms with Gasteiger partial charge in [-0.15, -0.1) is 0 Å². The monoisotopic (exact) mass is 515 g/mol. The third-order valence-corrected chi connectivity index (χ3v) is 8.09. The van der Waals surface area contributed by atoms with Crippen LogP contribution >= 0.6 is 0 Å². The average molecular weight is 516 g/mol. The fraction of sp³-hybridized carbons (Fsp3) is 0.545. The number of hydrogen-bond donors (Lipinski definition) is 0. The van der Waals surface area contributed by atoms with E-state index in [2.05, 4.69) is 85.1 Å². The number of allylic oxidation sites excluding steroid dienone is 8. The summed E-state index contributed by atoms with van der Waals surface area (Å²) in [6, 6.07) is 8.43. The summed E-state index contributed by atoms with van der Waals surface area (Å²) in [5, 5.41) is 4.62. The molecule has 0 amide bonds. The molecule has 5 nitrogen and oxygen atoms in total. The van der Waals surface area contributed by atoms with E-state index in [0.717, 1.165) is 57.7 Å². The van der Waals surface area contributed by atoms with E-state index in [4.69, 9.17) is 9.57 Å². The van der Waals surface area contributed by atoms with Crippen molar-refractivity contribution in [3.05, 3.63) is 70.4 Å². The minimum atomic E-state index is 0.149. The highest BCUT2D eigenvalue weighted by Gasteiger charge is 2.31. The smallest absolute Gasteiger partial charge is 0.145 e. The minimum absolute atomic E-state index is 0.149. The number of oxime groups is 1. The summed E-state index contributed by atoms with van der Waals surface area (Å²) >= 11 is 0. The van der Waals surface area contributed by atoms with Gasteiger partial charge in [-0.25, -0.2) is 0 Å². The molecule has 2 aliphatic heterocycles. The summed E-state index contributed by atoms with van der Waals surface area (Å²) in [5.74, 6) is 0.985. The molecular weight excluding hydrogens is 470 g/mol. The van der Waals surface area contributed by atoms with Gasteiger partial charge in [0.1, 0.15) is 11.9 Å². The van der Waals surface area contributed by atoms with Crippen molar-refractivity contribution in [3.63, 3.8) is 0 Å². The minimum Gasteiger partial charge on any atom is -0.489 e. The first-order chi connectivity index (χ1) is 18.5. The van der Waals surface area contributed by atoms with Crippen LogP contribution < -0.4 is 9.64 Å². The molecule has 0 bridgehead atoms. The lowest BCUT2D eigenvalue weighted by atomic mass is 9.93. The van der Waals surface area contributed by atoms with Crippen LogP contribution in [0, 0.1) is 0 Å². The van der Waals surface area contributed by atoms with Crippen LogP contribution in [0.1, 0.15) is 72.6 Å².